The first-order chi connectivity index (χ1) is 34.8. The van der Waals surface area contributed by atoms with Gasteiger partial charge in [-0.2, -0.15) is 0 Å². The Morgan fingerprint density at radius 2 is 0.789 bits per heavy atom. The van der Waals surface area contributed by atoms with Crippen LogP contribution in [-0.2, 0) is 4.79 Å². The summed E-state index contributed by atoms with van der Waals surface area (Å²) < 4.78 is 2.76. The van der Waals surface area contributed by atoms with Gasteiger partial charge in [-0.3, -0.25) is 14.6 Å². The molecule has 4 heterocycles. The molecule has 2 aromatic heterocycles. The van der Waals surface area contributed by atoms with Gasteiger partial charge in [0.2, 0.25) is 0 Å². The van der Waals surface area contributed by atoms with Gasteiger partial charge >= 0.3 is 0 Å². The zero-order chi connectivity index (χ0) is 54.8. The third-order valence-electron chi connectivity index (χ3n) is 9.94. The number of carbonyl (C=O) groups is 1. The number of carbonyl (C=O) groups excluding carboxylic acids is 1. The molecule has 2 fully saturated rings. The molecule has 9 heteroatoms. The maximum Gasteiger partial charge on any atom is 0.131 e. The SMILES string of the molecule is C/C(CCN1CCN(c2ccccc2)CC1)=N/O.CC.CC.CC.CC.CC.CC.CC.CC.CC(=O)CCN1CCN(c2ccccc2)CC1.Cc1ccc2sccc2c1.Cc1ccc2sccc2c1. The molecule has 1 N–H and O–H groups in total. The van der Waals surface area contributed by atoms with E-state index in [1.807, 2.05) is 124 Å². The summed E-state index contributed by atoms with van der Waals surface area (Å²) >= 11 is 3.59. The van der Waals surface area contributed by atoms with E-state index >= 15 is 0 Å². The number of Topliss-reactive ketones (excluding diaryl/α,β-unsaturated/α-hetero) is 1. The highest BCUT2D eigenvalue weighted by molar-refractivity contribution is 7.17. The summed E-state index contributed by atoms with van der Waals surface area (Å²) in [6, 6.07) is 38.5. The first kappa shape index (κ1) is 73.0. The summed E-state index contributed by atoms with van der Waals surface area (Å²) in [6.07, 6.45) is 1.53. The molecule has 0 radical (unpaired) electrons. The van der Waals surface area contributed by atoms with Crippen molar-refractivity contribution in [2.75, 3.05) is 75.2 Å². The molecule has 0 unspecified atom stereocenters. The summed E-state index contributed by atoms with van der Waals surface area (Å²) in [6.45, 7) is 50.2. The molecule has 71 heavy (non-hydrogen) atoms. The number of rotatable bonds is 8. The number of hydrogen-bond donors (Lipinski definition) is 1. The lowest BCUT2D eigenvalue weighted by atomic mass is 10.2. The minimum Gasteiger partial charge on any atom is -0.411 e. The molecule has 402 valence electrons. The number of oxime groups is 1. The highest BCUT2D eigenvalue weighted by Crippen LogP contribution is 2.22. The predicted octanol–water partition coefficient (Wildman–Crippen LogP) is 18.5. The summed E-state index contributed by atoms with van der Waals surface area (Å²) in [5.41, 5.74) is 6.10. The van der Waals surface area contributed by atoms with Crippen LogP contribution in [0.15, 0.2) is 125 Å². The van der Waals surface area contributed by atoms with E-state index in [4.69, 9.17) is 5.21 Å². The maximum absolute atomic E-state index is 10.9. The van der Waals surface area contributed by atoms with Gasteiger partial charge in [0.15, 0.2) is 0 Å². The van der Waals surface area contributed by atoms with Crippen LogP contribution in [0.3, 0.4) is 0 Å². The van der Waals surface area contributed by atoms with Crippen LogP contribution in [0.4, 0.5) is 11.4 Å². The van der Waals surface area contributed by atoms with Gasteiger partial charge in [0, 0.05) is 99.1 Å². The van der Waals surface area contributed by atoms with Crippen LogP contribution in [-0.4, -0.2) is 91.9 Å². The Hall–Kier alpha value is -4.54. The number of nitrogens with zero attached hydrogens (tertiary/aromatic N) is 5. The van der Waals surface area contributed by atoms with Gasteiger partial charge in [-0.05, 0) is 97.8 Å². The number of fused-ring (bicyclic) bond motifs is 2. The second-order valence-corrected chi connectivity index (χ2v) is 16.2. The van der Waals surface area contributed by atoms with Gasteiger partial charge in [0.1, 0.15) is 5.78 Å². The van der Waals surface area contributed by atoms with Gasteiger partial charge in [-0.1, -0.05) is 188 Å². The normalized spacial score (nSPS) is 12.3. The lowest BCUT2D eigenvalue weighted by Crippen LogP contribution is -2.46. The van der Waals surface area contributed by atoms with Crippen molar-refractivity contribution in [3.05, 3.63) is 131 Å². The lowest BCUT2D eigenvalue weighted by molar-refractivity contribution is -0.117. The molecule has 6 aromatic rings. The molecule has 0 amide bonds. The third-order valence-corrected chi connectivity index (χ3v) is 11.7. The molecule has 0 spiro atoms. The van der Waals surface area contributed by atoms with Crippen LogP contribution in [0.5, 0.6) is 0 Å². The first-order valence-corrected chi connectivity index (χ1v) is 29.1. The van der Waals surface area contributed by atoms with Crippen molar-refractivity contribution in [3.63, 3.8) is 0 Å². The van der Waals surface area contributed by atoms with Gasteiger partial charge in [0.25, 0.3) is 0 Å². The molecule has 0 bridgehead atoms. The Morgan fingerprint density at radius 1 is 0.465 bits per heavy atom. The molecule has 0 atom stereocenters. The van der Waals surface area contributed by atoms with Crippen molar-refractivity contribution in [1.29, 1.82) is 0 Å². The summed E-state index contributed by atoms with van der Waals surface area (Å²) in [5, 5.41) is 18.8. The van der Waals surface area contributed by atoms with Crippen LogP contribution in [0.25, 0.3) is 20.2 Å². The van der Waals surface area contributed by atoms with Gasteiger partial charge in [-0.25, -0.2) is 0 Å². The number of anilines is 2. The Kier molecular flexibility index (Phi) is 53.3. The molecular formula is C62H105N5O2S2. The van der Waals surface area contributed by atoms with Crippen LogP contribution in [0, 0.1) is 13.8 Å². The Balaban J connectivity index is -0.000000391. The number of piperazine rings is 2. The Labute approximate surface area is 446 Å². The third kappa shape index (κ3) is 32.9. The summed E-state index contributed by atoms with van der Waals surface area (Å²) in [7, 11) is 0. The number of thiophene rings is 2. The molecule has 2 aliphatic rings. The van der Waals surface area contributed by atoms with Crippen molar-refractivity contribution in [2.24, 2.45) is 5.16 Å². The molecule has 7 nitrogen and oxygen atoms in total. The van der Waals surface area contributed by atoms with Crippen molar-refractivity contribution in [2.45, 2.75) is 151 Å². The Morgan fingerprint density at radius 3 is 1.10 bits per heavy atom. The summed E-state index contributed by atoms with van der Waals surface area (Å²) in [5.74, 6) is 0.287. The summed E-state index contributed by atoms with van der Waals surface area (Å²) in [4.78, 5) is 20.6. The zero-order valence-corrected chi connectivity index (χ0v) is 50.6. The molecule has 0 aliphatic carbocycles. The molecule has 0 saturated carbocycles. The Bertz CT molecular complexity index is 1960. The van der Waals surface area contributed by atoms with Crippen LogP contribution in [0.2, 0.25) is 0 Å². The average molecular weight is 1020 g/mol. The zero-order valence-electron chi connectivity index (χ0n) is 48.9. The van der Waals surface area contributed by atoms with Gasteiger partial charge in [-0.15, -0.1) is 22.7 Å². The standard InChI is InChI=1S/C14H21N3O.C14H20N2O.2C9H8S.8C2H6/c1-13(15-18)7-8-16-9-11-17(12-10-16)14-5-3-2-4-6-14;1-13(17)7-8-15-9-11-16(12-10-15)14-5-3-2-4-6-14;2*1-7-2-3-9-8(6-7)4-5-10-9;8*1-2/h2-6,18H,7-12H2,1H3;2-6H,7-12H2,1H3;2*2-6H,1H3;8*1-2H3/b15-13-;;;;;;;;;;;. The first-order valence-electron chi connectivity index (χ1n) is 27.4. The largest absolute Gasteiger partial charge is 0.411 e. The second-order valence-electron chi connectivity index (χ2n) is 14.3. The van der Waals surface area contributed by atoms with E-state index < -0.39 is 0 Å². The van der Waals surface area contributed by atoms with Crippen molar-refractivity contribution in [1.82, 2.24) is 9.80 Å². The fraction of sp³-hybridized carbons (Fsp3) is 0.516. The monoisotopic (exact) mass is 1020 g/mol. The molecule has 2 saturated heterocycles. The molecule has 4 aromatic carbocycles. The highest BCUT2D eigenvalue weighted by atomic mass is 32.1. The average Bonchev–Trinajstić information content (AvgIpc) is 4.15. The number of benzene rings is 4. The molecular weight excluding hydrogens is 911 g/mol. The number of para-hydroxylation sites is 2. The van der Waals surface area contributed by atoms with E-state index in [0.29, 0.717) is 6.42 Å². The lowest BCUT2D eigenvalue weighted by Gasteiger charge is -2.36. The van der Waals surface area contributed by atoms with Crippen molar-refractivity contribution < 1.29 is 10.0 Å². The van der Waals surface area contributed by atoms with E-state index in [-0.39, 0.29) is 5.78 Å². The van der Waals surface area contributed by atoms with E-state index in [1.54, 1.807) is 29.6 Å². The minimum atomic E-state index is 0.287. The highest BCUT2D eigenvalue weighted by Gasteiger charge is 2.18. The van der Waals surface area contributed by atoms with E-state index in [0.717, 1.165) is 77.6 Å². The van der Waals surface area contributed by atoms with Crippen LogP contribution >= 0.6 is 22.7 Å². The van der Waals surface area contributed by atoms with Crippen LogP contribution < -0.4 is 9.80 Å². The second kappa shape index (κ2) is 51.8. The van der Waals surface area contributed by atoms with Crippen molar-refractivity contribution in [3.8, 4) is 0 Å². The molecule has 8 rings (SSSR count). The minimum absolute atomic E-state index is 0.287. The van der Waals surface area contributed by atoms with E-state index in [2.05, 4.69) is 152 Å². The quantitative estimate of drug-likeness (QED) is 0.0931. The fourth-order valence-corrected chi connectivity index (χ4v) is 8.14. The number of ketones is 1. The smallest absolute Gasteiger partial charge is 0.131 e. The van der Waals surface area contributed by atoms with Crippen molar-refractivity contribution >= 4 is 65.7 Å². The van der Waals surface area contributed by atoms with Crippen LogP contribution in [0.1, 0.15) is 149 Å². The van der Waals surface area contributed by atoms with Gasteiger partial charge < -0.3 is 15.0 Å². The van der Waals surface area contributed by atoms with E-state index in [9.17, 15) is 4.79 Å². The van der Waals surface area contributed by atoms with Gasteiger partial charge in [0.05, 0.1) is 5.71 Å². The fourth-order valence-electron chi connectivity index (χ4n) is 6.59. The predicted molar refractivity (Wildman–Crippen MR) is 329 cm³/mol. The number of hydrogen-bond acceptors (Lipinski definition) is 9. The maximum atomic E-state index is 10.9. The topological polar surface area (TPSA) is 62.6 Å². The van der Waals surface area contributed by atoms with E-state index in [1.165, 1.54) is 42.7 Å². The molecule has 2 aliphatic heterocycles. The number of aryl methyl sites for hydroxylation is 2.